The van der Waals surface area contributed by atoms with Gasteiger partial charge in [0.25, 0.3) is 0 Å². The summed E-state index contributed by atoms with van der Waals surface area (Å²) in [6.07, 6.45) is -12.9. The number of carbonyl (C=O) groups is 10. The van der Waals surface area contributed by atoms with Crippen LogP contribution in [-0.4, -0.2) is 200 Å². The van der Waals surface area contributed by atoms with Gasteiger partial charge >= 0.3 is 83.2 Å². The van der Waals surface area contributed by atoms with E-state index in [1.54, 1.807) is 48.5 Å². The summed E-state index contributed by atoms with van der Waals surface area (Å²) >= 11 is 0. The Hall–Kier alpha value is -5.05. The van der Waals surface area contributed by atoms with Gasteiger partial charge in [-0.3, -0.25) is 88.7 Å². The van der Waals surface area contributed by atoms with Crippen LogP contribution in [-0.2, 0) is 159 Å². The molecule has 0 aromatic rings. The molecule has 0 bridgehead atoms. The lowest BCUT2D eigenvalue weighted by Gasteiger charge is -2.29. The number of hydrogen-bond donors (Lipinski definition) is 0. The summed E-state index contributed by atoms with van der Waals surface area (Å²) in [6.45, 7) is 14.0. The van der Waals surface area contributed by atoms with Gasteiger partial charge in [0.15, 0.2) is 36.8 Å². The smallest absolute Gasteiger partial charge is 0.462 e. The summed E-state index contributed by atoms with van der Waals surface area (Å²) in [5.74, 6) is -7.99. The van der Waals surface area contributed by atoms with Gasteiger partial charge in [-0.05, 0) is 71.1 Å². The minimum absolute atomic E-state index is 0.00874. The van der Waals surface area contributed by atoms with E-state index in [9.17, 15) is 57.1 Å². The molecule has 1 saturated heterocycles. The maximum Gasteiger partial charge on any atom is 0.475 e. The Labute approximate surface area is 561 Å². The summed E-state index contributed by atoms with van der Waals surface area (Å²) < 4.78 is 161. The van der Waals surface area contributed by atoms with Crippen molar-refractivity contribution in [3.63, 3.8) is 0 Å². The van der Waals surface area contributed by atoms with Crippen molar-refractivity contribution in [1.29, 1.82) is 0 Å². The summed E-state index contributed by atoms with van der Waals surface area (Å²) in [7, 11) is -15.0. The lowest BCUT2D eigenvalue weighted by atomic mass is 10.1. The molecule has 1 fully saturated rings. The molecule has 0 spiro atoms. The number of esters is 10. The van der Waals surface area contributed by atoms with Crippen molar-refractivity contribution in [2.75, 3.05) is 79.3 Å². The predicted octanol–water partition coefficient (Wildman–Crippen LogP) is 8.01. The molecule has 34 nitrogen and oxygen atoms in total. The number of carbonyl (C=O) groups excluding carboxylic acids is 10. The van der Waals surface area contributed by atoms with Crippen LogP contribution in [0.4, 0.5) is 0 Å². The van der Waals surface area contributed by atoms with Gasteiger partial charge in [0.1, 0.15) is 39.1 Å². The summed E-state index contributed by atoms with van der Waals surface area (Å²) in [5.41, 5.74) is 0. The maximum absolute atomic E-state index is 15.3. The number of rotatable bonds is 53. The van der Waals surface area contributed by atoms with Gasteiger partial charge in [-0.15, -0.1) is 0 Å². The second kappa shape index (κ2) is 47.9. The first kappa shape index (κ1) is 89.0. The molecule has 37 heteroatoms. The average molecular weight is 1450 g/mol. The monoisotopic (exact) mass is 1450 g/mol. The van der Waals surface area contributed by atoms with Gasteiger partial charge in [-0.1, -0.05) is 41.5 Å². The molecular weight excluding hydrogens is 1350 g/mol. The van der Waals surface area contributed by atoms with Crippen LogP contribution < -0.4 is 0 Å². The number of phosphoric ester groups is 3. The highest BCUT2D eigenvalue weighted by atomic mass is 31.2. The maximum atomic E-state index is 15.3. The summed E-state index contributed by atoms with van der Waals surface area (Å²) in [6, 6.07) is 0. The van der Waals surface area contributed by atoms with Crippen molar-refractivity contribution < 1.29 is 159 Å². The van der Waals surface area contributed by atoms with Crippen LogP contribution >= 0.6 is 23.5 Å². The fraction of sp³-hybridized carbons (Fsp3) is 0.831. The van der Waals surface area contributed by atoms with E-state index in [1.807, 2.05) is 0 Å². The van der Waals surface area contributed by atoms with E-state index < -0.39 is 217 Å². The highest BCUT2D eigenvalue weighted by Gasteiger charge is 2.40. The molecule has 96 heavy (non-hydrogen) atoms. The van der Waals surface area contributed by atoms with Gasteiger partial charge < -0.3 is 56.8 Å². The molecule has 13 atom stereocenters. The molecule has 10 unspecified atom stereocenters. The van der Waals surface area contributed by atoms with E-state index in [1.165, 1.54) is 13.8 Å². The van der Waals surface area contributed by atoms with E-state index in [4.69, 9.17) is 97.6 Å². The third-order valence-electron chi connectivity index (χ3n) is 12.0. The zero-order chi connectivity index (χ0) is 72.6. The molecule has 1 heterocycles. The van der Waals surface area contributed by atoms with Crippen molar-refractivity contribution in [1.82, 2.24) is 0 Å². The lowest BCUT2D eigenvalue weighted by Crippen LogP contribution is -2.31. The van der Waals surface area contributed by atoms with Crippen molar-refractivity contribution in [3.05, 3.63) is 0 Å². The van der Waals surface area contributed by atoms with Gasteiger partial charge in [-0.25, -0.2) is 13.7 Å². The Morgan fingerprint density at radius 3 is 1.07 bits per heavy atom. The lowest BCUT2D eigenvalue weighted by molar-refractivity contribution is -0.162. The number of ether oxygens (including phenoxy) is 12. The van der Waals surface area contributed by atoms with Gasteiger partial charge in [0.05, 0.1) is 64.6 Å². The van der Waals surface area contributed by atoms with Gasteiger partial charge in [-0.2, -0.15) is 0 Å². The average Bonchev–Trinajstić information content (AvgIpc) is 0.991. The van der Waals surface area contributed by atoms with Crippen molar-refractivity contribution in [3.8, 4) is 0 Å². The number of phosphoric acid groups is 3. The Morgan fingerprint density at radius 2 is 0.719 bits per heavy atom. The van der Waals surface area contributed by atoms with Crippen molar-refractivity contribution in [2.24, 2.45) is 11.8 Å². The normalized spacial score (nSPS) is 18.3. The second-order valence-corrected chi connectivity index (χ2v) is 27.7. The van der Waals surface area contributed by atoms with E-state index >= 15 is 4.57 Å². The fourth-order valence-corrected chi connectivity index (χ4v) is 12.2. The Bertz CT molecular complexity index is 2550. The summed E-state index contributed by atoms with van der Waals surface area (Å²) in [4.78, 5) is 123. The van der Waals surface area contributed by atoms with E-state index in [-0.39, 0.29) is 69.8 Å². The zero-order valence-electron chi connectivity index (χ0n) is 57.7. The first-order valence-corrected chi connectivity index (χ1v) is 35.9. The van der Waals surface area contributed by atoms with Crippen LogP contribution in [0.1, 0.15) is 168 Å². The molecule has 556 valence electrons. The first-order valence-electron chi connectivity index (χ1n) is 31.5. The van der Waals surface area contributed by atoms with Crippen LogP contribution in [0.3, 0.4) is 0 Å². The minimum atomic E-state index is -5.19. The largest absolute Gasteiger partial charge is 0.475 e. The standard InChI is InChI=1S/C59H101O34P3/c1-16-18-56(66)77-30-54(89-57(67)19-17-2)36-84-96(72,83-34-52(87-47(14)65)28-75-44(11)62)93-49(22-20-40(7)91-94(70,81-35-53-29-76-48(15)88-53)79-32-50(85-45(12)63)26-73-42(9)60)23-21-41(8)92-95(71,80-33-51(86-46(13)64)27-74-43(10)61)82-37-55(90-59(69)25-39(5)6)31-78-58(68)24-38(3)4/h38-41,48-55H,16-37H2,1-15H3/t40?,41?,48?,49?,50-,51-,52-,53?,54?,55?,94?,95?,96?/m1/s1. The molecule has 0 radical (unpaired) electrons. The Kier molecular flexibility index (Phi) is 44.3. The van der Waals surface area contributed by atoms with Crippen LogP contribution in [0.5, 0.6) is 0 Å². The molecule has 0 saturated carbocycles. The third-order valence-corrected chi connectivity index (χ3v) is 16.6. The van der Waals surface area contributed by atoms with Crippen LogP contribution in [0, 0.1) is 11.8 Å². The molecule has 0 aromatic heterocycles. The van der Waals surface area contributed by atoms with E-state index in [0.717, 1.165) is 41.5 Å². The zero-order valence-corrected chi connectivity index (χ0v) is 60.4. The van der Waals surface area contributed by atoms with E-state index in [2.05, 4.69) is 0 Å². The molecular formula is C59H101O34P3. The molecule has 0 aromatic carbocycles. The molecule has 1 aliphatic heterocycles. The third kappa shape index (κ3) is 44.8. The quantitative estimate of drug-likeness (QED) is 0.0316. The highest BCUT2D eigenvalue weighted by molar-refractivity contribution is 7.49. The van der Waals surface area contributed by atoms with E-state index in [0.29, 0.717) is 12.8 Å². The minimum Gasteiger partial charge on any atom is -0.462 e. The fourth-order valence-electron chi connectivity index (χ4n) is 7.81. The van der Waals surface area contributed by atoms with Crippen molar-refractivity contribution >= 4 is 83.2 Å². The number of hydrogen-bond acceptors (Lipinski definition) is 34. The van der Waals surface area contributed by atoms with Crippen LogP contribution in [0.2, 0.25) is 0 Å². The first-order chi connectivity index (χ1) is 44.9. The van der Waals surface area contributed by atoms with Gasteiger partial charge in [0, 0.05) is 67.2 Å². The molecule has 1 rings (SSSR count). The van der Waals surface area contributed by atoms with Gasteiger partial charge in [0.2, 0.25) is 0 Å². The molecule has 1 aliphatic rings. The SMILES string of the molecule is CCCC(=O)OCC(COP(=O)(OC[C@@H](COC(C)=O)OC(C)=O)OC(CCC(C)OP(=O)(OCC(COC(=O)CC(C)C)OC(=O)CC(C)C)OC[C@@H](COC(C)=O)OC(C)=O)CCC(C)OP(=O)(OCC1COC(C)O1)OC[C@@H](COC(C)=O)OC(C)=O)OC(=O)CCC. The summed E-state index contributed by atoms with van der Waals surface area (Å²) in [5, 5.41) is 0. The Morgan fingerprint density at radius 1 is 0.385 bits per heavy atom. The second-order valence-electron chi connectivity index (χ2n) is 22.9. The Balaban J connectivity index is 4.12. The molecule has 0 N–H and O–H groups in total. The highest BCUT2D eigenvalue weighted by Crippen LogP contribution is 2.55. The molecule has 0 amide bonds. The van der Waals surface area contributed by atoms with Crippen LogP contribution in [0.15, 0.2) is 0 Å². The topological polar surface area (TPSA) is 416 Å². The predicted molar refractivity (Wildman–Crippen MR) is 330 cm³/mol. The van der Waals surface area contributed by atoms with Crippen molar-refractivity contribution in [2.45, 2.75) is 229 Å². The molecule has 0 aliphatic carbocycles. The van der Waals surface area contributed by atoms with Crippen LogP contribution in [0.25, 0.3) is 0 Å².